The number of carbonyl (C=O) groups excluding carboxylic acids is 2. The van der Waals surface area contributed by atoms with E-state index in [2.05, 4.69) is 10.6 Å². The molecule has 5 nitrogen and oxygen atoms in total. The molecule has 0 bridgehead atoms. The molecule has 0 aliphatic heterocycles. The lowest BCUT2D eigenvalue weighted by atomic mass is 10.2. The van der Waals surface area contributed by atoms with Gasteiger partial charge in [0.1, 0.15) is 11.5 Å². The quantitative estimate of drug-likeness (QED) is 0.833. The number of carbonyl (C=O) groups is 2. The van der Waals surface area contributed by atoms with E-state index in [-0.39, 0.29) is 0 Å². The van der Waals surface area contributed by atoms with Gasteiger partial charge >= 0.3 is 11.8 Å². The Bertz CT molecular complexity index is 652. The third kappa shape index (κ3) is 5.47. The Morgan fingerprint density at radius 3 is 2.13 bits per heavy atom. The van der Waals surface area contributed by atoms with Crippen molar-refractivity contribution in [3.05, 3.63) is 54.6 Å². The van der Waals surface area contributed by atoms with E-state index in [4.69, 9.17) is 4.74 Å². The van der Waals surface area contributed by atoms with Crippen molar-refractivity contribution in [2.45, 2.75) is 13.8 Å². The zero-order valence-corrected chi connectivity index (χ0v) is 13.2. The van der Waals surface area contributed by atoms with Crippen molar-refractivity contribution in [3.63, 3.8) is 0 Å². The topological polar surface area (TPSA) is 67.4 Å². The van der Waals surface area contributed by atoms with Crippen LogP contribution in [-0.2, 0) is 9.59 Å². The maximum absolute atomic E-state index is 11.7. The minimum atomic E-state index is -0.678. The highest BCUT2D eigenvalue weighted by molar-refractivity contribution is 6.39. The molecule has 0 unspecified atom stereocenters. The second-order valence-corrected chi connectivity index (χ2v) is 5.50. The molecule has 2 rings (SSSR count). The molecule has 2 aromatic rings. The molecule has 0 radical (unpaired) electrons. The van der Waals surface area contributed by atoms with Crippen LogP contribution in [0.4, 0.5) is 5.69 Å². The van der Waals surface area contributed by atoms with Gasteiger partial charge in [0.05, 0.1) is 0 Å². The first-order valence-corrected chi connectivity index (χ1v) is 7.47. The average Bonchev–Trinajstić information content (AvgIpc) is 2.55. The summed E-state index contributed by atoms with van der Waals surface area (Å²) in [6.07, 6.45) is 0. The van der Waals surface area contributed by atoms with Crippen LogP contribution in [0.2, 0.25) is 0 Å². The molecular weight excluding hydrogens is 292 g/mol. The SMILES string of the molecule is CC(C)CNC(=O)C(=O)Nc1ccc(Oc2ccccc2)cc1. The molecule has 120 valence electrons. The van der Waals surface area contributed by atoms with Crippen LogP contribution < -0.4 is 15.4 Å². The highest BCUT2D eigenvalue weighted by atomic mass is 16.5. The first-order chi connectivity index (χ1) is 11.0. The van der Waals surface area contributed by atoms with Crippen LogP contribution in [0.5, 0.6) is 11.5 Å². The largest absolute Gasteiger partial charge is 0.457 e. The van der Waals surface area contributed by atoms with Gasteiger partial charge in [0.15, 0.2) is 0 Å². The summed E-state index contributed by atoms with van der Waals surface area (Å²) in [5.41, 5.74) is 0.537. The van der Waals surface area contributed by atoms with E-state index in [0.717, 1.165) is 5.75 Å². The van der Waals surface area contributed by atoms with Crippen LogP contribution in [0.3, 0.4) is 0 Å². The van der Waals surface area contributed by atoms with Gasteiger partial charge in [-0.15, -0.1) is 0 Å². The lowest BCUT2D eigenvalue weighted by Crippen LogP contribution is -2.37. The number of rotatable bonds is 5. The predicted molar refractivity (Wildman–Crippen MR) is 89.4 cm³/mol. The number of benzene rings is 2. The molecule has 23 heavy (non-hydrogen) atoms. The lowest BCUT2D eigenvalue weighted by molar-refractivity contribution is -0.136. The van der Waals surface area contributed by atoms with Crippen molar-refractivity contribution < 1.29 is 14.3 Å². The van der Waals surface area contributed by atoms with E-state index in [0.29, 0.717) is 23.9 Å². The molecular formula is C18H20N2O3. The molecule has 2 amide bonds. The van der Waals surface area contributed by atoms with Crippen LogP contribution in [0.15, 0.2) is 54.6 Å². The highest BCUT2D eigenvalue weighted by Gasteiger charge is 2.13. The zero-order valence-electron chi connectivity index (χ0n) is 13.2. The van der Waals surface area contributed by atoms with E-state index in [1.54, 1.807) is 24.3 Å². The normalized spacial score (nSPS) is 10.2. The summed E-state index contributed by atoms with van der Waals surface area (Å²) < 4.78 is 5.66. The van der Waals surface area contributed by atoms with Crippen molar-refractivity contribution in [1.29, 1.82) is 0 Å². The van der Waals surface area contributed by atoms with Crippen LogP contribution in [-0.4, -0.2) is 18.4 Å². The van der Waals surface area contributed by atoms with Crippen molar-refractivity contribution in [3.8, 4) is 11.5 Å². The summed E-state index contributed by atoms with van der Waals surface area (Å²) in [5, 5.41) is 5.12. The summed E-state index contributed by atoms with van der Waals surface area (Å²) in [6, 6.07) is 16.2. The second kappa shape index (κ2) is 7.98. The number of ether oxygens (including phenoxy) is 1. The number of anilines is 1. The fourth-order valence-electron chi connectivity index (χ4n) is 1.80. The van der Waals surface area contributed by atoms with Crippen molar-refractivity contribution in [2.24, 2.45) is 5.92 Å². The molecule has 0 aliphatic rings. The number of hydrogen-bond donors (Lipinski definition) is 2. The van der Waals surface area contributed by atoms with Gasteiger partial charge in [0.2, 0.25) is 0 Å². The average molecular weight is 312 g/mol. The predicted octanol–water partition coefficient (Wildman–Crippen LogP) is 3.19. The van der Waals surface area contributed by atoms with E-state index in [1.165, 1.54) is 0 Å². The highest BCUT2D eigenvalue weighted by Crippen LogP contribution is 2.22. The maximum atomic E-state index is 11.7. The first-order valence-electron chi connectivity index (χ1n) is 7.47. The van der Waals surface area contributed by atoms with Crippen LogP contribution in [0, 0.1) is 5.92 Å². The van der Waals surface area contributed by atoms with E-state index in [9.17, 15) is 9.59 Å². The van der Waals surface area contributed by atoms with Gasteiger partial charge in [0, 0.05) is 12.2 Å². The smallest absolute Gasteiger partial charge is 0.313 e. The Labute approximate surface area is 135 Å². The fraction of sp³-hybridized carbons (Fsp3) is 0.222. The third-order valence-electron chi connectivity index (χ3n) is 2.97. The van der Waals surface area contributed by atoms with E-state index < -0.39 is 11.8 Å². The fourth-order valence-corrected chi connectivity index (χ4v) is 1.80. The lowest BCUT2D eigenvalue weighted by Gasteiger charge is -2.09. The van der Waals surface area contributed by atoms with Gasteiger partial charge in [-0.05, 0) is 42.3 Å². The zero-order chi connectivity index (χ0) is 16.7. The summed E-state index contributed by atoms with van der Waals surface area (Å²) in [7, 11) is 0. The Morgan fingerprint density at radius 1 is 0.913 bits per heavy atom. The van der Waals surface area contributed by atoms with Crippen molar-refractivity contribution in [2.75, 3.05) is 11.9 Å². The Balaban J connectivity index is 1.89. The van der Waals surface area contributed by atoms with Gasteiger partial charge in [-0.25, -0.2) is 0 Å². The summed E-state index contributed by atoms with van der Waals surface area (Å²) in [4.78, 5) is 23.4. The van der Waals surface area contributed by atoms with Gasteiger partial charge in [-0.3, -0.25) is 9.59 Å². The summed E-state index contributed by atoms with van der Waals surface area (Å²) >= 11 is 0. The molecule has 0 spiro atoms. The number of para-hydroxylation sites is 1. The first kappa shape index (κ1) is 16.5. The molecule has 0 atom stereocenters. The number of nitrogens with one attached hydrogen (secondary N) is 2. The van der Waals surface area contributed by atoms with Crippen LogP contribution in [0.25, 0.3) is 0 Å². The van der Waals surface area contributed by atoms with E-state index in [1.807, 2.05) is 44.2 Å². The summed E-state index contributed by atoms with van der Waals surface area (Å²) in [6.45, 7) is 4.39. The molecule has 5 heteroatoms. The molecule has 0 fully saturated rings. The van der Waals surface area contributed by atoms with Crippen molar-refractivity contribution in [1.82, 2.24) is 5.32 Å². The van der Waals surface area contributed by atoms with Gasteiger partial charge in [-0.2, -0.15) is 0 Å². The monoisotopic (exact) mass is 312 g/mol. The van der Waals surface area contributed by atoms with Gasteiger partial charge in [-0.1, -0.05) is 32.0 Å². The maximum Gasteiger partial charge on any atom is 0.313 e. The number of amides is 2. The Morgan fingerprint density at radius 2 is 1.52 bits per heavy atom. The van der Waals surface area contributed by atoms with Gasteiger partial charge in [0.25, 0.3) is 0 Å². The standard InChI is InChI=1S/C18H20N2O3/c1-13(2)12-19-17(21)18(22)20-14-8-10-16(11-9-14)23-15-6-4-3-5-7-15/h3-11,13H,12H2,1-2H3,(H,19,21)(H,20,22). The molecule has 0 saturated heterocycles. The molecule has 0 heterocycles. The molecule has 2 aromatic carbocycles. The molecule has 2 N–H and O–H groups in total. The van der Waals surface area contributed by atoms with E-state index >= 15 is 0 Å². The summed E-state index contributed by atoms with van der Waals surface area (Å²) in [5.74, 6) is 0.364. The third-order valence-corrected chi connectivity index (χ3v) is 2.97. The molecule has 0 saturated carbocycles. The minimum Gasteiger partial charge on any atom is -0.457 e. The van der Waals surface area contributed by atoms with Crippen LogP contribution >= 0.6 is 0 Å². The van der Waals surface area contributed by atoms with Crippen molar-refractivity contribution >= 4 is 17.5 Å². The van der Waals surface area contributed by atoms with Gasteiger partial charge < -0.3 is 15.4 Å². The Kier molecular flexibility index (Phi) is 5.74. The second-order valence-electron chi connectivity index (χ2n) is 5.50. The Hall–Kier alpha value is -2.82. The molecule has 0 aliphatic carbocycles. The number of hydrogen-bond acceptors (Lipinski definition) is 3. The minimum absolute atomic E-state index is 0.293. The molecule has 0 aromatic heterocycles. The van der Waals surface area contributed by atoms with Crippen LogP contribution in [0.1, 0.15) is 13.8 Å².